The summed E-state index contributed by atoms with van der Waals surface area (Å²) in [6, 6.07) is 4.68. The fourth-order valence-corrected chi connectivity index (χ4v) is 2.09. The molecular formula is C18H29F2N3O3. The number of rotatable bonds is 11. The largest absolute Gasteiger partial charge is 0.497 e. The van der Waals surface area contributed by atoms with E-state index in [0.29, 0.717) is 36.3 Å². The molecule has 0 bridgehead atoms. The quantitative estimate of drug-likeness (QED) is 0.355. The standard InChI is InChI=1S/C18H29F2N3O3/c1-13(2)7-9-25-10-8-22-18(21-3)23-12-14-11-15(24-4)5-6-16(14)26-17(19)20/h5-6,11,13,17H,7-10,12H2,1-4H3,(H2,21,22,23). The van der Waals surface area contributed by atoms with E-state index in [0.717, 1.165) is 13.0 Å². The second-order valence-electron chi connectivity index (χ2n) is 6.00. The second-order valence-corrected chi connectivity index (χ2v) is 6.00. The summed E-state index contributed by atoms with van der Waals surface area (Å²) in [5, 5.41) is 6.17. The Balaban J connectivity index is 2.49. The molecule has 0 radical (unpaired) electrons. The third kappa shape index (κ3) is 8.84. The van der Waals surface area contributed by atoms with Crippen molar-refractivity contribution in [1.29, 1.82) is 0 Å². The Morgan fingerprint density at radius 3 is 2.58 bits per heavy atom. The molecule has 148 valence electrons. The summed E-state index contributed by atoms with van der Waals surface area (Å²) in [5.74, 6) is 1.82. The van der Waals surface area contributed by atoms with E-state index in [4.69, 9.17) is 9.47 Å². The molecule has 0 saturated carbocycles. The molecule has 0 heterocycles. The smallest absolute Gasteiger partial charge is 0.387 e. The third-order valence-electron chi connectivity index (χ3n) is 3.53. The predicted octanol–water partition coefficient (Wildman–Crippen LogP) is 3.02. The average molecular weight is 373 g/mol. The lowest BCUT2D eigenvalue weighted by molar-refractivity contribution is -0.0505. The maximum Gasteiger partial charge on any atom is 0.387 e. The number of hydrogen-bond donors (Lipinski definition) is 2. The SMILES string of the molecule is CN=C(NCCOCCC(C)C)NCc1cc(OC)ccc1OC(F)F. The van der Waals surface area contributed by atoms with Gasteiger partial charge in [-0.25, -0.2) is 0 Å². The van der Waals surface area contributed by atoms with Gasteiger partial charge in [-0.1, -0.05) is 13.8 Å². The molecule has 1 rings (SSSR count). The first-order valence-electron chi connectivity index (χ1n) is 8.60. The summed E-state index contributed by atoms with van der Waals surface area (Å²) in [7, 11) is 3.15. The predicted molar refractivity (Wildman–Crippen MR) is 98.1 cm³/mol. The van der Waals surface area contributed by atoms with Crippen LogP contribution in [0.15, 0.2) is 23.2 Å². The molecule has 1 aromatic rings. The summed E-state index contributed by atoms with van der Waals surface area (Å²) >= 11 is 0. The Hall–Kier alpha value is -2.09. The van der Waals surface area contributed by atoms with Gasteiger partial charge in [-0.2, -0.15) is 8.78 Å². The van der Waals surface area contributed by atoms with Gasteiger partial charge in [-0.3, -0.25) is 4.99 Å². The highest BCUT2D eigenvalue weighted by Crippen LogP contribution is 2.25. The topological polar surface area (TPSA) is 64.1 Å². The van der Waals surface area contributed by atoms with Crippen LogP contribution in [0.4, 0.5) is 8.78 Å². The van der Waals surface area contributed by atoms with E-state index in [1.165, 1.54) is 13.2 Å². The molecule has 0 spiro atoms. The minimum absolute atomic E-state index is 0.0979. The molecule has 6 nitrogen and oxygen atoms in total. The van der Waals surface area contributed by atoms with E-state index in [9.17, 15) is 8.78 Å². The third-order valence-corrected chi connectivity index (χ3v) is 3.53. The monoisotopic (exact) mass is 373 g/mol. The second kappa shape index (κ2) is 12.3. The van der Waals surface area contributed by atoms with E-state index < -0.39 is 6.61 Å². The van der Waals surface area contributed by atoms with Crippen LogP contribution >= 0.6 is 0 Å². The fraction of sp³-hybridized carbons (Fsp3) is 0.611. The maximum absolute atomic E-state index is 12.5. The average Bonchev–Trinajstić information content (AvgIpc) is 2.60. The first kappa shape index (κ1) is 22.0. The molecule has 8 heteroatoms. The van der Waals surface area contributed by atoms with Crippen LogP contribution < -0.4 is 20.1 Å². The highest BCUT2D eigenvalue weighted by Gasteiger charge is 2.11. The van der Waals surface area contributed by atoms with E-state index in [1.54, 1.807) is 19.2 Å². The molecule has 1 aromatic carbocycles. The van der Waals surface area contributed by atoms with Gasteiger partial charge in [0.05, 0.1) is 13.7 Å². The Morgan fingerprint density at radius 1 is 1.19 bits per heavy atom. The minimum atomic E-state index is -2.89. The zero-order valence-corrected chi connectivity index (χ0v) is 15.9. The Kier molecular flexibility index (Phi) is 10.4. The van der Waals surface area contributed by atoms with Gasteiger partial charge in [0.2, 0.25) is 0 Å². The molecule has 0 aromatic heterocycles. The maximum atomic E-state index is 12.5. The van der Waals surface area contributed by atoms with Crippen LogP contribution in [-0.2, 0) is 11.3 Å². The number of aliphatic imine (C=N–C) groups is 1. The van der Waals surface area contributed by atoms with Crippen molar-refractivity contribution in [3.05, 3.63) is 23.8 Å². The zero-order valence-electron chi connectivity index (χ0n) is 15.9. The highest BCUT2D eigenvalue weighted by atomic mass is 19.3. The fourth-order valence-electron chi connectivity index (χ4n) is 2.09. The van der Waals surface area contributed by atoms with Gasteiger partial charge in [0.1, 0.15) is 11.5 Å². The van der Waals surface area contributed by atoms with Gasteiger partial charge >= 0.3 is 6.61 Å². The lowest BCUT2D eigenvalue weighted by Crippen LogP contribution is -2.38. The van der Waals surface area contributed by atoms with Crippen molar-refractivity contribution in [2.75, 3.05) is 33.9 Å². The van der Waals surface area contributed by atoms with Crippen LogP contribution in [0, 0.1) is 5.92 Å². The number of halogens is 2. The van der Waals surface area contributed by atoms with Crippen molar-refractivity contribution >= 4 is 5.96 Å². The Bertz CT molecular complexity index is 554. The van der Waals surface area contributed by atoms with Crippen LogP contribution in [0.2, 0.25) is 0 Å². The number of benzene rings is 1. The lowest BCUT2D eigenvalue weighted by Gasteiger charge is -2.15. The van der Waals surface area contributed by atoms with Crippen LogP contribution in [-0.4, -0.2) is 46.5 Å². The number of guanidine groups is 1. The summed E-state index contributed by atoms with van der Waals surface area (Å²) in [6.07, 6.45) is 1.02. The lowest BCUT2D eigenvalue weighted by atomic mass is 10.1. The molecule has 0 amide bonds. The first-order valence-corrected chi connectivity index (χ1v) is 8.60. The van der Waals surface area contributed by atoms with Gasteiger partial charge in [-0.05, 0) is 30.5 Å². The summed E-state index contributed by atoms with van der Waals surface area (Å²) in [6.45, 7) is 3.55. The molecular weight excluding hydrogens is 344 g/mol. The Labute approximate surface area is 153 Å². The first-order chi connectivity index (χ1) is 12.5. The van der Waals surface area contributed by atoms with Gasteiger partial charge in [0, 0.05) is 32.3 Å². The molecule has 2 N–H and O–H groups in total. The van der Waals surface area contributed by atoms with Crippen LogP contribution in [0.3, 0.4) is 0 Å². The highest BCUT2D eigenvalue weighted by molar-refractivity contribution is 5.79. The molecule has 0 atom stereocenters. The summed E-state index contributed by atoms with van der Waals surface area (Å²) in [5.41, 5.74) is 0.542. The van der Waals surface area contributed by atoms with Gasteiger partial charge < -0.3 is 24.8 Å². The van der Waals surface area contributed by atoms with Gasteiger partial charge in [0.25, 0.3) is 0 Å². The number of nitrogens with zero attached hydrogens (tertiary/aromatic N) is 1. The number of hydrogen-bond acceptors (Lipinski definition) is 4. The summed E-state index contributed by atoms with van der Waals surface area (Å²) < 4.78 is 40.3. The van der Waals surface area contributed by atoms with E-state index >= 15 is 0 Å². The number of alkyl halides is 2. The van der Waals surface area contributed by atoms with Crippen molar-refractivity contribution < 1.29 is 23.0 Å². The van der Waals surface area contributed by atoms with E-state index in [-0.39, 0.29) is 12.3 Å². The Morgan fingerprint density at radius 2 is 1.96 bits per heavy atom. The molecule has 0 fully saturated rings. The molecule has 0 aliphatic rings. The van der Waals surface area contributed by atoms with Crippen LogP contribution in [0.25, 0.3) is 0 Å². The zero-order chi connectivity index (χ0) is 19.4. The molecule has 0 aliphatic heterocycles. The van der Waals surface area contributed by atoms with Gasteiger partial charge in [-0.15, -0.1) is 0 Å². The number of methoxy groups -OCH3 is 1. The van der Waals surface area contributed by atoms with Crippen LogP contribution in [0.5, 0.6) is 11.5 Å². The summed E-state index contributed by atoms with van der Waals surface area (Å²) in [4.78, 5) is 4.10. The van der Waals surface area contributed by atoms with Crippen molar-refractivity contribution in [1.82, 2.24) is 10.6 Å². The minimum Gasteiger partial charge on any atom is -0.497 e. The van der Waals surface area contributed by atoms with E-state index in [2.05, 4.69) is 34.2 Å². The molecule has 0 unspecified atom stereocenters. The van der Waals surface area contributed by atoms with Crippen molar-refractivity contribution in [3.8, 4) is 11.5 Å². The van der Waals surface area contributed by atoms with Crippen LogP contribution in [0.1, 0.15) is 25.8 Å². The normalized spacial score (nSPS) is 11.8. The number of nitrogens with one attached hydrogen (secondary N) is 2. The van der Waals surface area contributed by atoms with Crippen molar-refractivity contribution in [3.63, 3.8) is 0 Å². The molecule has 26 heavy (non-hydrogen) atoms. The van der Waals surface area contributed by atoms with E-state index in [1.807, 2.05) is 0 Å². The van der Waals surface area contributed by atoms with Crippen molar-refractivity contribution in [2.45, 2.75) is 33.4 Å². The molecule has 0 saturated heterocycles. The van der Waals surface area contributed by atoms with Gasteiger partial charge in [0.15, 0.2) is 5.96 Å². The number of ether oxygens (including phenoxy) is 3. The molecule has 0 aliphatic carbocycles. The van der Waals surface area contributed by atoms with Crippen molar-refractivity contribution in [2.24, 2.45) is 10.9 Å².